The van der Waals surface area contributed by atoms with Crippen molar-refractivity contribution in [2.75, 3.05) is 12.4 Å². The van der Waals surface area contributed by atoms with Gasteiger partial charge in [0.15, 0.2) is 0 Å². The molecular weight excluding hydrogens is 394 g/mol. The maximum atomic E-state index is 12.2. The molecule has 1 aromatic heterocycles. The minimum Gasteiger partial charge on any atom is -0.507 e. The number of carbonyl (C=O) groups is 2. The Morgan fingerprint density at radius 2 is 1.93 bits per heavy atom. The highest BCUT2D eigenvalue weighted by Gasteiger charge is 2.12. The molecule has 0 saturated carbocycles. The number of aromatic nitrogens is 2. The highest BCUT2D eigenvalue weighted by atomic mass is 32.1. The van der Waals surface area contributed by atoms with Crippen molar-refractivity contribution in [1.29, 1.82) is 0 Å². The Labute approximate surface area is 170 Å². The highest BCUT2D eigenvalue weighted by molar-refractivity contribution is 7.15. The van der Waals surface area contributed by atoms with Crippen molar-refractivity contribution in [3.05, 3.63) is 64.7 Å². The molecule has 3 rings (SSSR count). The maximum Gasteiger partial charge on any atom is 0.257 e. The third kappa shape index (κ3) is 5.59. The number of phenols is 1. The number of para-hydroxylation sites is 1. The Bertz CT molecular complexity index is 1030. The number of hydrogen-bond acceptors (Lipinski definition) is 8. The summed E-state index contributed by atoms with van der Waals surface area (Å²) in [5, 5.41) is 24.5. The molecule has 9 nitrogen and oxygen atoms in total. The number of anilines is 1. The Morgan fingerprint density at radius 3 is 2.66 bits per heavy atom. The number of ether oxygens (including phenoxy) is 1. The minimum absolute atomic E-state index is 0.0474. The number of hydrazone groups is 1. The van der Waals surface area contributed by atoms with Crippen LogP contribution >= 0.6 is 11.3 Å². The van der Waals surface area contributed by atoms with Crippen molar-refractivity contribution in [3.8, 4) is 11.5 Å². The number of carbonyl (C=O) groups excluding carboxylic acids is 2. The topological polar surface area (TPSA) is 126 Å². The Morgan fingerprint density at radius 1 is 1.17 bits per heavy atom. The summed E-state index contributed by atoms with van der Waals surface area (Å²) in [6.45, 7) is 0. The Kier molecular flexibility index (Phi) is 6.48. The predicted molar refractivity (Wildman–Crippen MR) is 108 cm³/mol. The van der Waals surface area contributed by atoms with Crippen LogP contribution in [-0.2, 0) is 11.2 Å². The quantitative estimate of drug-likeness (QED) is 0.404. The van der Waals surface area contributed by atoms with Crippen LogP contribution in [0.25, 0.3) is 0 Å². The van der Waals surface area contributed by atoms with Gasteiger partial charge in [-0.05, 0) is 36.4 Å². The fourth-order valence-corrected chi connectivity index (χ4v) is 2.97. The van der Waals surface area contributed by atoms with Gasteiger partial charge in [0, 0.05) is 11.1 Å². The lowest BCUT2D eigenvalue weighted by Gasteiger charge is -2.02. The van der Waals surface area contributed by atoms with E-state index in [4.69, 9.17) is 4.74 Å². The maximum absolute atomic E-state index is 12.2. The molecule has 0 radical (unpaired) electrons. The van der Waals surface area contributed by atoms with Crippen molar-refractivity contribution in [2.45, 2.75) is 6.42 Å². The van der Waals surface area contributed by atoms with E-state index in [1.54, 1.807) is 49.6 Å². The van der Waals surface area contributed by atoms with Gasteiger partial charge in [-0.3, -0.25) is 14.9 Å². The zero-order valence-corrected chi connectivity index (χ0v) is 16.1. The molecule has 0 atom stereocenters. The minimum atomic E-state index is -0.402. The van der Waals surface area contributed by atoms with Crippen LogP contribution in [0.2, 0.25) is 0 Å². The Hall–Kier alpha value is -3.79. The van der Waals surface area contributed by atoms with Crippen LogP contribution in [0.4, 0.5) is 5.13 Å². The van der Waals surface area contributed by atoms with Gasteiger partial charge in [-0.2, -0.15) is 5.10 Å². The smallest absolute Gasteiger partial charge is 0.257 e. The summed E-state index contributed by atoms with van der Waals surface area (Å²) in [7, 11) is 1.55. The van der Waals surface area contributed by atoms with Crippen molar-refractivity contribution in [3.63, 3.8) is 0 Å². The van der Waals surface area contributed by atoms with Crippen LogP contribution in [0.1, 0.15) is 20.9 Å². The van der Waals surface area contributed by atoms with Gasteiger partial charge in [0.25, 0.3) is 5.91 Å². The van der Waals surface area contributed by atoms with E-state index in [2.05, 4.69) is 26.0 Å². The first-order chi connectivity index (χ1) is 14.0. The lowest BCUT2D eigenvalue weighted by molar-refractivity contribution is -0.120. The molecule has 0 aliphatic carbocycles. The summed E-state index contributed by atoms with van der Waals surface area (Å²) in [5.41, 5.74) is 3.27. The molecule has 10 heteroatoms. The Balaban J connectivity index is 1.52. The first kappa shape index (κ1) is 20.0. The molecule has 148 valence electrons. The van der Waals surface area contributed by atoms with Gasteiger partial charge in [0.2, 0.25) is 11.0 Å². The molecule has 2 amide bonds. The molecule has 0 bridgehead atoms. The molecule has 0 unspecified atom stereocenters. The van der Waals surface area contributed by atoms with Crippen LogP contribution in [0, 0.1) is 0 Å². The van der Waals surface area contributed by atoms with Crippen molar-refractivity contribution >= 4 is 34.5 Å². The lowest BCUT2D eigenvalue weighted by atomic mass is 10.2. The normalized spacial score (nSPS) is 10.7. The number of aromatic hydroxyl groups is 1. The van der Waals surface area contributed by atoms with E-state index in [9.17, 15) is 14.7 Å². The number of nitrogens with one attached hydrogen (secondary N) is 2. The van der Waals surface area contributed by atoms with Crippen molar-refractivity contribution in [2.24, 2.45) is 5.10 Å². The fraction of sp³-hybridized carbons (Fsp3) is 0.105. The second-order valence-electron chi connectivity index (χ2n) is 5.71. The van der Waals surface area contributed by atoms with Gasteiger partial charge in [-0.15, -0.1) is 10.2 Å². The van der Waals surface area contributed by atoms with Gasteiger partial charge in [0.1, 0.15) is 16.5 Å². The van der Waals surface area contributed by atoms with E-state index in [0.717, 1.165) is 11.3 Å². The summed E-state index contributed by atoms with van der Waals surface area (Å²) in [6, 6.07) is 13.2. The van der Waals surface area contributed by atoms with Crippen LogP contribution in [0.15, 0.2) is 53.6 Å². The summed E-state index contributed by atoms with van der Waals surface area (Å²) >= 11 is 1.09. The first-order valence-electron chi connectivity index (χ1n) is 8.43. The molecule has 0 aliphatic heterocycles. The number of rotatable bonds is 7. The molecule has 1 heterocycles. The number of amides is 2. The third-order valence-electron chi connectivity index (χ3n) is 3.68. The zero-order valence-electron chi connectivity index (χ0n) is 15.3. The number of methoxy groups -OCH3 is 1. The largest absolute Gasteiger partial charge is 0.507 e. The van der Waals surface area contributed by atoms with Gasteiger partial charge in [-0.1, -0.05) is 23.5 Å². The summed E-state index contributed by atoms with van der Waals surface area (Å²) in [5.74, 6) is -0.0318. The average Bonchev–Trinajstić information content (AvgIpc) is 3.16. The number of phenolic OH excluding ortho intramolecular Hbond substituents is 1. The van der Waals surface area contributed by atoms with Gasteiger partial charge in [-0.25, -0.2) is 5.43 Å². The monoisotopic (exact) mass is 411 g/mol. The fourth-order valence-electron chi connectivity index (χ4n) is 2.23. The van der Waals surface area contributed by atoms with Crippen LogP contribution in [-0.4, -0.2) is 40.4 Å². The molecule has 3 aromatic rings. The number of nitrogens with zero attached hydrogens (tertiary/aromatic N) is 3. The van der Waals surface area contributed by atoms with Crippen molar-refractivity contribution < 1.29 is 19.4 Å². The van der Waals surface area contributed by atoms with E-state index in [1.807, 2.05) is 0 Å². The summed E-state index contributed by atoms with van der Waals surface area (Å²) in [4.78, 5) is 24.2. The van der Waals surface area contributed by atoms with E-state index in [0.29, 0.717) is 21.9 Å². The van der Waals surface area contributed by atoms with E-state index in [1.165, 1.54) is 12.3 Å². The van der Waals surface area contributed by atoms with Gasteiger partial charge < -0.3 is 9.84 Å². The molecular formula is C19H17N5O4S. The average molecular weight is 411 g/mol. The van der Waals surface area contributed by atoms with E-state index < -0.39 is 5.91 Å². The SMILES string of the molecule is COc1ccc(C(=O)Nc2nnc(CC(=O)N/N=C/c3ccccc3O)s2)cc1. The molecule has 0 spiro atoms. The second kappa shape index (κ2) is 9.42. The molecule has 2 aromatic carbocycles. The van der Waals surface area contributed by atoms with Crippen molar-refractivity contribution in [1.82, 2.24) is 15.6 Å². The van der Waals surface area contributed by atoms with Crippen LogP contribution in [0.3, 0.4) is 0 Å². The summed E-state index contributed by atoms with van der Waals surface area (Å²) in [6.07, 6.45) is 1.29. The highest BCUT2D eigenvalue weighted by Crippen LogP contribution is 2.18. The second-order valence-corrected chi connectivity index (χ2v) is 6.77. The molecule has 0 fully saturated rings. The lowest BCUT2D eigenvalue weighted by Crippen LogP contribution is -2.19. The number of hydrogen-bond donors (Lipinski definition) is 3. The standard InChI is InChI=1S/C19H17N5O4S/c1-28-14-8-6-12(7-9-14)18(27)21-19-24-23-17(29-19)10-16(26)22-20-11-13-4-2-3-5-15(13)25/h2-9,11,25H,10H2,1H3,(H,22,26)(H,21,24,27)/b20-11+. The summed E-state index contributed by atoms with van der Waals surface area (Å²) < 4.78 is 5.05. The third-order valence-corrected chi connectivity index (χ3v) is 4.52. The number of benzene rings is 2. The van der Waals surface area contributed by atoms with Crippen LogP contribution < -0.4 is 15.5 Å². The van der Waals surface area contributed by atoms with E-state index in [-0.39, 0.29) is 23.2 Å². The van der Waals surface area contributed by atoms with Gasteiger partial charge >= 0.3 is 0 Å². The van der Waals surface area contributed by atoms with Crippen LogP contribution in [0.5, 0.6) is 11.5 Å². The van der Waals surface area contributed by atoms with Gasteiger partial charge in [0.05, 0.1) is 19.7 Å². The zero-order chi connectivity index (χ0) is 20.6. The predicted octanol–water partition coefficient (Wildman–Crippen LogP) is 2.20. The molecule has 29 heavy (non-hydrogen) atoms. The molecule has 0 saturated heterocycles. The molecule has 0 aliphatic rings. The van der Waals surface area contributed by atoms with E-state index >= 15 is 0 Å². The molecule has 3 N–H and O–H groups in total. The first-order valence-corrected chi connectivity index (χ1v) is 9.24.